The number of thiazole rings is 1. The van der Waals surface area contributed by atoms with Crippen LogP contribution >= 0.6 is 11.3 Å². The van der Waals surface area contributed by atoms with E-state index in [0.717, 1.165) is 47.9 Å². The zero-order chi connectivity index (χ0) is 28.1. The van der Waals surface area contributed by atoms with Gasteiger partial charge in [0.15, 0.2) is 5.76 Å². The monoisotopic (exact) mass is 561 g/mol. The van der Waals surface area contributed by atoms with E-state index in [1.807, 2.05) is 61.5 Å². The minimum atomic E-state index is -0.702. The van der Waals surface area contributed by atoms with Crippen molar-refractivity contribution >= 4 is 23.0 Å². The number of ether oxygens (including phenoxy) is 2. The van der Waals surface area contributed by atoms with Crippen LogP contribution in [0.25, 0.3) is 10.6 Å². The van der Waals surface area contributed by atoms with Gasteiger partial charge in [0, 0.05) is 31.7 Å². The van der Waals surface area contributed by atoms with Crippen molar-refractivity contribution < 1.29 is 24.2 Å². The Hall–Kier alpha value is -3.53. The Bertz CT molecular complexity index is 1360. The average molecular weight is 562 g/mol. The Morgan fingerprint density at radius 1 is 1.10 bits per heavy atom. The van der Waals surface area contributed by atoms with Gasteiger partial charge >= 0.3 is 0 Å². The standard InChI is InChI=1S/C31H35N3O5S/c1-3-18-39-24-12-10-22(11-13-24)26-25(27(35)29-21(2)32-30(40-29)23-8-5-4-6-9-23)28(36)31(37)34(26)15-7-14-33-16-19-38-20-17-33/h4-6,8-13,26,36H,3,7,14-20H2,1-2H3. The molecule has 1 unspecified atom stereocenters. The molecule has 3 heterocycles. The third kappa shape index (κ3) is 5.96. The first-order chi connectivity index (χ1) is 19.5. The molecule has 2 aliphatic heterocycles. The first-order valence-corrected chi connectivity index (χ1v) is 14.6. The molecule has 1 aromatic heterocycles. The highest BCUT2D eigenvalue weighted by atomic mass is 32.1. The van der Waals surface area contributed by atoms with Gasteiger partial charge in [0.05, 0.1) is 42.0 Å². The van der Waals surface area contributed by atoms with E-state index in [2.05, 4.69) is 9.88 Å². The largest absolute Gasteiger partial charge is 0.503 e. The van der Waals surface area contributed by atoms with Crippen LogP contribution in [0.3, 0.4) is 0 Å². The van der Waals surface area contributed by atoms with E-state index in [4.69, 9.17) is 9.47 Å². The zero-order valence-electron chi connectivity index (χ0n) is 23.0. The summed E-state index contributed by atoms with van der Waals surface area (Å²) < 4.78 is 11.2. The van der Waals surface area contributed by atoms with Gasteiger partial charge in [0.2, 0.25) is 5.78 Å². The van der Waals surface area contributed by atoms with E-state index in [1.54, 1.807) is 11.8 Å². The lowest BCUT2D eigenvalue weighted by Crippen LogP contribution is -2.39. The van der Waals surface area contributed by atoms with Crippen LogP contribution in [0, 0.1) is 6.92 Å². The quantitative estimate of drug-likeness (QED) is 0.322. The topological polar surface area (TPSA) is 92.2 Å². The maximum atomic E-state index is 14.1. The molecule has 2 aliphatic rings. The molecule has 2 aromatic carbocycles. The molecule has 1 fully saturated rings. The number of benzene rings is 2. The van der Waals surface area contributed by atoms with E-state index >= 15 is 0 Å². The maximum Gasteiger partial charge on any atom is 0.290 e. The predicted octanol–water partition coefficient (Wildman–Crippen LogP) is 5.21. The molecule has 40 heavy (non-hydrogen) atoms. The molecular formula is C31H35N3O5S. The van der Waals surface area contributed by atoms with Gasteiger partial charge in [0.1, 0.15) is 10.8 Å². The fourth-order valence-electron chi connectivity index (χ4n) is 5.15. The van der Waals surface area contributed by atoms with Crippen molar-refractivity contribution in [1.29, 1.82) is 0 Å². The third-order valence-electron chi connectivity index (χ3n) is 7.22. The summed E-state index contributed by atoms with van der Waals surface area (Å²) in [5, 5.41) is 11.8. The Labute approximate surface area is 238 Å². The summed E-state index contributed by atoms with van der Waals surface area (Å²) in [4.78, 5) is 36.5. The molecule has 3 aromatic rings. The molecule has 1 amide bonds. The second-order valence-electron chi connectivity index (χ2n) is 10.0. The number of amides is 1. The van der Waals surface area contributed by atoms with E-state index < -0.39 is 17.7 Å². The van der Waals surface area contributed by atoms with Crippen LogP contribution in [0.5, 0.6) is 5.75 Å². The van der Waals surface area contributed by atoms with Gasteiger partial charge in [-0.2, -0.15) is 0 Å². The molecule has 8 nitrogen and oxygen atoms in total. The van der Waals surface area contributed by atoms with Gasteiger partial charge in [0.25, 0.3) is 5.91 Å². The molecule has 1 saturated heterocycles. The normalized spacial score (nSPS) is 18.0. The fourth-order valence-corrected chi connectivity index (χ4v) is 6.18. The average Bonchev–Trinajstić information content (AvgIpc) is 3.50. The van der Waals surface area contributed by atoms with Crippen LogP contribution in [0.4, 0.5) is 0 Å². The highest BCUT2D eigenvalue weighted by Crippen LogP contribution is 2.41. The number of Topliss-reactive ketones (excluding diaryl/α,β-unsaturated/α-hetero) is 1. The van der Waals surface area contributed by atoms with E-state index in [1.165, 1.54) is 11.3 Å². The molecule has 0 spiro atoms. The van der Waals surface area contributed by atoms with E-state index in [0.29, 0.717) is 43.4 Å². The number of hydrogen-bond donors (Lipinski definition) is 1. The van der Waals surface area contributed by atoms with Gasteiger partial charge in [-0.15, -0.1) is 11.3 Å². The lowest BCUT2D eigenvalue weighted by molar-refractivity contribution is -0.129. The fraction of sp³-hybridized carbons (Fsp3) is 0.387. The number of ketones is 1. The molecule has 5 rings (SSSR count). The molecule has 1 atom stereocenters. The highest BCUT2D eigenvalue weighted by Gasteiger charge is 2.44. The third-order valence-corrected chi connectivity index (χ3v) is 8.42. The molecule has 1 N–H and O–H groups in total. The van der Waals surface area contributed by atoms with Gasteiger partial charge in [-0.25, -0.2) is 4.98 Å². The first-order valence-electron chi connectivity index (χ1n) is 13.8. The lowest BCUT2D eigenvalue weighted by atomic mass is 9.95. The van der Waals surface area contributed by atoms with Crippen molar-refractivity contribution in [2.45, 2.75) is 32.7 Å². The molecular weight excluding hydrogens is 526 g/mol. The second kappa shape index (κ2) is 12.8. The van der Waals surface area contributed by atoms with Crippen LogP contribution in [-0.2, 0) is 9.53 Å². The molecule has 9 heteroatoms. The summed E-state index contributed by atoms with van der Waals surface area (Å²) in [7, 11) is 0. The predicted molar refractivity (Wildman–Crippen MR) is 155 cm³/mol. The summed E-state index contributed by atoms with van der Waals surface area (Å²) in [6.07, 6.45) is 1.61. The number of hydrogen-bond acceptors (Lipinski definition) is 8. The number of nitrogens with zero attached hydrogens (tertiary/aromatic N) is 3. The summed E-state index contributed by atoms with van der Waals surface area (Å²) in [5.74, 6) is -0.649. The summed E-state index contributed by atoms with van der Waals surface area (Å²) in [6.45, 7) is 8.79. The summed E-state index contributed by atoms with van der Waals surface area (Å²) in [6, 6.07) is 16.4. The highest BCUT2D eigenvalue weighted by molar-refractivity contribution is 7.17. The van der Waals surface area contributed by atoms with Gasteiger partial charge < -0.3 is 19.5 Å². The van der Waals surface area contributed by atoms with Crippen molar-refractivity contribution in [1.82, 2.24) is 14.8 Å². The van der Waals surface area contributed by atoms with Crippen LogP contribution in [-0.4, -0.2) is 77.6 Å². The molecule has 0 bridgehead atoms. The number of aliphatic hydroxyl groups excluding tert-OH is 1. The van der Waals surface area contributed by atoms with Gasteiger partial charge in [-0.3, -0.25) is 14.5 Å². The Kier molecular flexibility index (Phi) is 8.94. The zero-order valence-corrected chi connectivity index (χ0v) is 23.8. The maximum absolute atomic E-state index is 14.1. The van der Waals surface area contributed by atoms with Crippen molar-refractivity contribution in [3.8, 4) is 16.3 Å². The smallest absolute Gasteiger partial charge is 0.290 e. The Morgan fingerprint density at radius 3 is 2.52 bits per heavy atom. The minimum absolute atomic E-state index is 0.102. The molecule has 210 valence electrons. The number of aryl methyl sites for hydroxylation is 1. The second-order valence-corrected chi connectivity index (χ2v) is 11.0. The first kappa shape index (κ1) is 28.0. The Morgan fingerprint density at radius 2 is 1.82 bits per heavy atom. The number of rotatable bonds is 11. The van der Waals surface area contributed by atoms with E-state index in [9.17, 15) is 14.7 Å². The Balaban J connectivity index is 1.45. The summed E-state index contributed by atoms with van der Waals surface area (Å²) >= 11 is 1.28. The van der Waals surface area contributed by atoms with Crippen LogP contribution < -0.4 is 4.74 Å². The van der Waals surface area contributed by atoms with Crippen LogP contribution in [0.2, 0.25) is 0 Å². The van der Waals surface area contributed by atoms with Crippen LogP contribution in [0.15, 0.2) is 65.9 Å². The molecule has 0 aliphatic carbocycles. The van der Waals surface area contributed by atoms with Crippen LogP contribution in [0.1, 0.15) is 46.7 Å². The molecule has 0 saturated carbocycles. The number of morpholine rings is 1. The summed E-state index contributed by atoms with van der Waals surface area (Å²) in [5.41, 5.74) is 2.35. The number of carbonyl (C=O) groups excluding carboxylic acids is 2. The van der Waals surface area contributed by atoms with Crippen molar-refractivity contribution in [3.63, 3.8) is 0 Å². The van der Waals surface area contributed by atoms with Crippen molar-refractivity contribution in [2.24, 2.45) is 0 Å². The van der Waals surface area contributed by atoms with E-state index in [-0.39, 0.29) is 11.4 Å². The number of carbonyl (C=O) groups is 2. The molecule has 0 radical (unpaired) electrons. The van der Waals surface area contributed by atoms with Gasteiger partial charge in [-0.05, 0) is 37.5 Å². The van der Waals surface area contributed by atoms with Crippen molar-refractivity contribution in [2.75, 3.05) is 46.0 Å². The number of aliphatic hydroxyl groups is 1. The SMILES string of the molecule is CCCOc1ccc(C2C(C(=O)c3sc(-c4ccccc4)nc3C)=C(O)C(=O)N2CCCN2CCOCC2)cc1. The lowest BCUT2D eigenvalue weighted by Gasteiger charge is -2.30. The van der Waals surface area contributed by atoms with Gasteiger partial charge in [-0.1, -0.05) is 49.4 Å². The van der Waals surface area contributed by atoms with Crippen molar-refractivity contribution in [3.05, 3.63) is 82.1 Å². The number of aromatic nitrogens is 1. The minimum Gasteiger partial charge on any atom is -0.503 e.